The van der Waals surface area contributed by atoms with Crippen LogP contribution in [0.5, 0.6) is 5.75 Å². The van der Waals surface area contributed by atoms with Crippen LogP contribution in [0.3, 0.4) is 0 Å². The summed E-state index contributed by atoms with van der Waals surface area (Å²) in [6.07, 6.45) is 20.4. The van der Waals surface area contributed by atoms with Crippen molar-refractivity contribution in [1.29, 1.82) is 0 Å². The van der Waals surface area contributed by atoms with Crippen LogP contribution in [0.15, 0.2) is 36.4 Å². The maximum Gasteiger partial charge on any atom is 0.311 e. The number of unbranched alkanes of at least 4 members (excludes halogenated alkanes) is 3. The van der Waals surface area contributed by atoms with E-state index in [0.717, 1.165) is 6.42 Å². The van der Waals surface area contributed by atoms with Gasteiger partial charge in [0.15, 0.2) is 0 Å². The molecule has 2 bridgehead atoms. The average molecular weight is 383 g/mol. The van der Waals surface area contributed by atoms with Crippen LogP contribution in [0.25, 0.3) is 0 Å². The summed E-state index contributed by atoms with van der Waals surface area (Å²) in [5, 5.41) is 0. The lowest BCUT2D eigenvalue weighted by Crippen LogP contribution is -2.44. The van der Waals surface area contributed by atoms with Gasteiger partial charge in [-0.1, -0.05) is 56.9 Å². The van der Waals surface area contributed by atoms with E-state index >= 15 is 0 Å². The lowest BCUT2D eigenvalue weighted by molar-refractivity contribution is -0.134. The Morgan fingerprint density at radius 2 is 1.68 bits per heavy atom. The molecule has 154 valence electrons. The van der Waals surface area contributed by atoms with Gasteiger partial charge in [0.1, 0.15) is 5.75 Å². The number of esters is 1. The standard InChI is InChI=1S/C26H38O2/c1-3-5-7-9-15-25-16-19-26(20-17-25,21-18-25)22-11-13-23(14-12-22)28-24(27)10-8-6-4-2/h4,6,11-14H,3,5,7-10,15-21H2,1-2H3/b6-4+. The second kappa shape index (κ2) is 9.76. The molecule has 2 nitrogen and oxygen atoms in total. The number of rotatable bonds is 10. The van der Waals surface area contributed by atoms with Crippen molar-refractivity contribution in [3.63, 3.8) is 0 Å². The monoisotopic (exact) mass is 382 g/mol. The zero-order valence-electron chi connectivity index (χ0n) is 18.0. The van der Waals surface area contributed by atoms with Gasteiger partial charge in [0, 0.05) is 6.42 Å². The van der Waals surface area contributed by atoms with Crippen molar-refractivity contribution in [2.24, 2.45) is 5.41 Å². The van der Waals surface area contributed by atoms with E-state index in [2.05, 4.69) is 19.1 Å². The molecule has 3 fully saturated rings. The van der Waals surface area contributed by atoms with Gasteiger partial charge in [-0.15, -0.1) is 0 Å². The molecule has 0 spiro atoms. The molecule has 1 aromatic carbocycles. The van der Waals surface area contributed by atoms with Crippen molar-refractivity contribution in [3.8, 4) is 5.75 Å². The number of fused-ring (bicyclic) bond motifs is 3. The van der Waals surface area contributed by atoms with Crippen LogP contribution in [0.1, 0.15) is 103 Å². The van der Waals surface area contributed by atoms with Crippen molar-refractivity contribution in [2.45, 2.75) is 103 Å². The minimum absolute atomic E-state index is 0.146. The van der Waals surface area contributed by atoms with E-state index in [1.807, 2.05) is 31.2 Å². The number of carbonyl (C=O) groups is 1. The fraction of sp³-hybridized carbons (Fsp3) is 0.654. The minimum Gasteiger partial charge on any atom is -0.427 e. The first-order valence-corrected chi connectivity index (χ1v) is 11.5. The van der Waals surface area contributed by atoms with E-state index in [1.165, 1.54) is 76.2 Å². The molecule has 28 heavy (non-hydrogen) atoms. The molecule has 0 N–H and O–H groups in total. The van der Waals surface area contributed by atoms with E-state index in [1.54, 1.807) is 0 Å². The van der Waals surface area contributed by atoms with Crippen molar-refractivity contribution in [2.75, 3.05) is 0 Å². The van der Waals surface area contributed by atoms with E-state index in [9.17, 15) is 4.79 Å². The number of hydrogen-bond donors (Lipinski definition) is 0. The molecular weight excluding hydrogens is 344 g/mol. The van der Waals surface area contributed by atoms with Gasteiger partial charge in [0.2, 0.25) is 0 Å². The van der Waals surface area contributed by atoms with Crippen LogP contribution in [0.4, 0.5) is 0 Å². The highest BCUT2D eigenvalue weighted by Gasteiger charge is 2.48. The maximum atomic E-state index is 11.9. The third-order valence-corrected chi connectivity index (χ3v) is 7.41. The summed E-state index contributed by atoms with van der Waals surface area (Å²) >= 11 is 0. The molecule has 0 atom stereocenters. The van der Waals surface area contributed by atoms with Crippen LogP contribution < -0.4 is 4.74 Å². The number of hydrogen-bond acceptors (Lipinski definition) is 2. The largest absolute Gasteiger partial charge is 0.427 e. The average Bonchev–Trinajstić information content (AvgIpc) is 2.73. The minimum atomic E-state index is -0.146. The summed E-state index contributed by atoms with van der Waals surface area (Å²) in [4.78, 5) is 11.9. The van der Waals surface area contributed by atoms with Crippen LogP contribution in [0, 0.1) is 5.41 Å². The Morgan fingerprint density at radius 3 is 2.29 bits per heavy atom. The fourth-order valence-corrected chi connectivity index (χ4v) is 5.42. The normalized spacial score (nSPS) is 26.6. The molecule has 3 aliphatic rings. The first kappa shape index (κ1) is 21.1. The topological polar surface area (TPSA) is 26.3 Å². The Bertz CT molecular complexity index is 631. The predicted octanol–water partition coefficient (Wildman–Crippen LogP) is 7.51. The molecule has 0 amide bonds. The summed E-state index contributed by atoms with van der Waals surface area (Å²) in [6.45, 7) is 4.26. The second-order valence-corrected chi connectivity index (χ2v) is 9.20. The van der Waals surface area contributed by atoms with Gasteiger partial charge in [-0.25, -0.2) is 0 Å². The Labute approximate surface area is 171 Å². The molecule has 0 unspecified atom stereocenters. The zero-order valence-corrected chi connectivity index (χ0v) is 18.0. The van der Waals surface area contributed by atoms with Crippen LogP contribution in [0.2, 0.25) is 0 Å². The number of ether oxygens (including phenoxy) is 1. The third kappa shape index (κ3) is 5.07. The second-order valence-electron chi connectivity index (χ2n) is 9.20. The molecule has 0 saturated heterocycles. The zero-order chi connectivity index (χ0) is 19.9. The molecule has 0 radical (unpaired) electrons. The highest BCUT2D eigenvalue weighted by molar-refractivity contribution is 5.72. The van der Waals surface area contributed by atoms with Gasteiger partial charge >= 0.3 is 5.97 Å². The van der Waals surface area contributed by atoms with Gasteiger partial charge < -0.3 is 4.74 Å². The number of allylic oxidation sites excluding steroid dienone is 2. The molecular formula is C26H38O2. The van der Waals surface area contributed by atoms with Crippen LogP contribution in [-0.4, -0.2) is 5.97 Å². The van der Waals surface area contributed by atoms with Gasteiger partial charge in [-0.2, -0.15) is 0 Å². The lowest BCUT2D eigenvalue weighted by atomic mass is 9.51. The quantitative estimate of drug-likeness (QED) is 0.181. The predicted molar refractivity (Wildman–Crippen MR) is 117 cm³/mol. The lowest BCUT2D eigenvalue weighted by Gasteiger charge is -2.54. The molecule has 0 heterocycles. The SMILES string of the molecule is C/C=C/CCC(=O)Oc1ccc(C23CCC(CCCCCC)(CC2)CC3)cc1. The van der Waals surface area contributed by atoms with Gasteiger partial charge in [-0.3, -0.25) is 4.79 Å². The fourth-order valence-electron chi connectivity index (χ4n) is 5.42. The first-order valence-electron chi connectivity index (χ1n) is 11.5. The highest BCUT2D eigenvalue weighted by Crippen LogP contribution is 2.59. The molecule has 1 aromatic rings. The summed E-state index contributed by atoms with van der Waals surface area (Å²) in [5.41, 5.74) is 2.48. The van der Waals surface area contributed by atoms with Crippen molar-refractivity contribution in [1.82, 2.24) is 0 Å². The molecule has 2 heteroatoms. The van der Waals surface area contributed by atoms with E-state index in [-0.39, 0.29) is 5.97 Å². The van der Waals surface area contributed by atoms with Crippen LogP contribution >= 0.6 is 0 Å². The van der Waals surface area contributed by atoms with E-state index in [0.29, 0.717) is 23.0 Å². The molecule has 0 aromatic heterocycles. The van der Waals surface area contributed by atoms with Crippen molar-refractivity contribution >= 4 is 5.97 Å². The van der Waals surface area contributed by atoms with Gasteiger partial charge in [0.05, 0.1) is 0 Å². The maximum absolute atomic E-state index is 11.9. The number of benzene rings is 1. The summed E-state index contributed by atoms with van der Waals surface area (Å²) < 4.78 is 5.49. The Hall–Kier alpha value is -1.57. The highest BCUT2D eigenvalue weighted by atomic mass is 16.5. The Balaban J connectivity index is 1.53. The number of carbonyl (C=O) groups excluding carboxylic acids is 1. The molecule has 3 aliphatic carbocycles. The van der Waals surface area contributed by atoms with E-state index in [4.69, 9.17) is 4.74 Å². The Kier molecular flexibility index (Phi) is 7.37. The van der Waals surface area contributed by atoms with Crippen molar-refractivity contribution < 1.29 is 9.53 Å². The third-order valence-electron chi connectivity index (χ3n) is 7.41. The molecule has 3 saturated carbocycles. The molecule has 0 aliphatic heterocycles. The Morgan fingerprint density at radius 1 is 1.00 bits per heavy atom. The first-order chi connectivity index (χ1) is 13.6. The smallest absolute Gasteiger partial charge is 0.311 e. The summed E-state index contributed by atoms with van der Waals surface area (Å²) in [6, 6.07) is 8.43. The van der Waals surface area contributed by atoms with Gasteiger partial charge in [-0.05, 0) is 86.8 Å². The van der Waals surface area contributed by atoms with Crippen molar-refractivity contribution in [3.05, 3.63) is 42.0 Å². The van der Waals surface area contributed by atoms with Crippen LogP contribution in [-0.2, 0) is 10.2 Å². The molecule has 4 rings (SSSR count). The van der Waals surface area contributed by atoms with E-state index < -0.39 is 0 Å². The summed E-state index contributed by atoms with van der Waals surface area (Å²) in [7, 11) is 0. The summed E-state index contributed by atoms with van der Waals surface area (Å²) in [5.74, 6) is 0.537. The van der Waals surface area contributed by atoms with Gasteiger partial charge in [0.25, 0.3) is 0 Å².